The highest BCUT2D eigenvalue weighted by Gasteiger charge is 2.19. The molecule has 1 atom stereocenters. The Bertz CT molecular complexity index is 1030. The van der Waals surface area contributed by atoms with E-state index in [0.717, 1.165) is 17.0 Å². The normalized spacial score (nSPS) is 12.1. The van der Waals surface area contributed by atoms with Crippen molar-refractivity contribution in [3.8, 4) is 0 Å². The monoisotopic (exact) mass is 384 g/mol. The molecular weight excluding hydrogens is 364 g/mol. The first kappa shape index (κ1) is 18.8. The molecule has 0 saturated heterocycles. The third-order valence-electron chi connectivity index (χ3n) is 4.33. The van der Waals surface area contributed by atoms with Crippen molar-refractivity contribution in [3.63, 3.8) is 0 Å². The van der Waals surface area contributed by atoms with E-state index >= 15 is 0 Å². The number of primary amides is 1. The predicted molar refractivity (Wildman–Crippen MR) is 104 cm³/mol. The quantitative estimate of drug-likeness (QED) is 0.652. The molecule has 0 fully saturated rings. The second-order valence-electron chi connectivity index (χ2n) is 6.20. The van der Waals surface area contributed by atoms with E-state index in [1.807, 2.05) is 20.8 Å². The smallest absolute Gasteiger partial charge is 0.253 e. The summed E-state index contributed by atoms with van der Waals surface area (Å²) in [5.74, 6) is -0.181. The van der Waals surface area contributed by atoms with Crippen LogP contribution in [0.15, 0.2) is 29.4 Å². The fourth-order valence-corrected chi connectivity index (χ4v) is 3.21. The average molecular weight is 384 g/mol. The number of nitrogens with two attached hydrogens (primary N) is 1. The van der Waals surface area contributed by atoms with Gasteiger partial charge in [-0.1, -0.05) is 11.8 Å². The van der Waals surface area contributed by atoms with Crippen molar-refractivity contribution >= 4 is 35.0 Å². The van der Waals surface area contributed by atoms with Gasteiger partial charge >= 0.3 is 0 Å². The molecule has 27 heavy (non-hydrogen) atoms. The highest BCUT2D eigenvalue weighted by molar-refractivity contribution is 8.00. The number of anilines is 1. The van der Waals surface area contributed by atoms with Gasteiger partial charge in [0.2, 0.25) is 17.0 Å². The van der Waals surface area contributed by atoms with Crippen molar-refractivity contribution in [1.82, 2.24) is 19.6 Å². The van der Waals surface area contributed by atoms with Crippen LogP contribution in [-0.4, -0.2) is 36.6 Å². The van der Waals surface area contributed by atoms with Crippen LogP contribution < -0.4 is 11.1 Å². The van der Waals surface area contributed by atoms with Crippen LogP contribution in [0.2, 0.25) is 0 Å². The fourth-order valence-electron chi connectivity index (χ4n) is 2.46. The second-order valence-corrected chi connectivity index (χ2v) is 7.51. The van der Waals surface area contributed by atoms with Crippen LogP contribution in [0.3, 0.4) is 0 Å². The maximum atomic E-state index is 12.4. The summed E-state index contributed by atoms with van der Waals surface area (Å²) in [7, 11) is 0. The van der Waals surface area contributed by atoms with Crippen molar-refractivity contribution in [2.45, 2.75) is 38.1 Å². The third-order valence-corrected chi connectivity index (χ3v) is 5.28. The fraction of sp³-hybridized carbons (Fsp3) is 0.278. The van der Waals surface area contributed by atoms with Crippen LogP contribution in [0.4, 0.5) is 5.69 Å². The highest BCUT2D eigenvalue weighted by Crippen LogP contribution is 2.23. The van der Waals surface area contributed by atoms with Crippen LogP contribution in [0.5, 0.6) is 0 Å². The summed E-state index contributed by atoms with van der Waals surface area (Å²) in [6.07, 6.45) is 0. The number of aryl methyl sites for hydroxylation is 2. The van der Waals surface area contributed by atoms with Crippen LogP contribution in [-0.2, 0) is 4.79 Å². The Hall–Kier alpha value is -2.94. The van der Waals surface area contributed by atoms with Gasteiger partial charge in [-0.2, -0.15) is 4.98 Å². The lowest BCUT2D eigenvalue weighted by atomic mass is 10.2. The van der Waals surface area contributed by atoms with Gasteiger partial charge in [0.05, 0.1) is 5.25 Å². The molecule has 0 bridgehead atoms. The molecule has 1 aromatic carbocycles. The van der Waals surface area contributed by atoms with Gasteiger partial charge < -0.3 is 11.1 Å². The molecule has 2 heterocycles. The Morgan fingerprint density at radius 1 is 1.15 bits per heavy atom. The van der Waals surface area contributed by atoms with Crippen molar-refractivity contribution in [3.05, 3.63) is 46.8 Å². The topological polar surface area (TPSA) is 115 Å². The molecular formula is C18H20N6O2S. The molecule has 9 heteroatoms. The first-order valence-electron chi connectivity index (χ1n) is 8.34. The Kier molecular flexibility index (Phi) is 5.13. The van der Waals surface area contributed by atoms with E-state index in [1.165, 1.54) is 11.8 Å². The van der Waals surface area contributed by atoms with Crippen LogP contribution in [0, 0.1) is 20.8 Å². The van der Waals surface area contributed by atoms with Gasteiger partial charge in [0, 0.05) is 22.6 Å². The predicted octanol–water partition coefficient (Wildman–Crippen LogP) is 2.27. The molecule has 0 saturated carbocycles. The van der Waals surface area contributed by atoms with Crippen molar-refractivity contribution < 1.29 is 9.59 Å². The first-order chi connectivity index (χ1) is 12.8. The van der Waals surface area contributed by atoms with E-state index in [9.17, 15) is 9.59 Å². The van der Waals surface area contributed by atoms with Crippen molar-refractivity contribution in [1.29, 1.82) is 0 Å². The summed E-state index contributed by atoms with van der Waals surface area (Å²) in [5, 5.41) is 7.32. The Morgan fingerprint density at radius 2 is 1.81 bits per heavy atom. The Morgan fingerprint density at radius 3 is 2.44 bits per heavy atom. The van der Waals surface area contributed by atoms with Crippen molar-refractivity contribution in [2.75, 3.05) is 5.32 Å². The van der Waals surface area contributed by atoms with E-state index in [4.69, 9.17) is 5.73 Å². The molecule has 0 aliphatic heterocycles. The minimum Gasteiger partial charge on any atom is -0.366 e. The standard InChI is InChI=1S/C18H20N6O2S/c1-9-10(2)20-17-22-18(23-24(17)11(9)3)27-12(4)16(26)21-14-7-5-13(6-8-14)15(19)25/h5-8,12H,1-4H3,(H2,19,25)(H,21,26). The minimum absolute atomic E-state index is 0.192. The molecule has 140 valence electrons. The lowest BCUT2D eigenvalue weighted by Crippen LogP contribution is -2.22. The largest absolute Gasteiger partial charge is 0.366 e. The van der Waals surface area contributed by atoms with Crippen LogP contribution >= 0.6 is 11.8 Å². The molecule has 8 nitrogen and oxygen atoms in total. The van der Waals surface area contributed by atoms with Gasteiger partial charge in [-0.15, -0.1) is 5.10 Å². The lowest BCUT2D eigenvalue weighted by Gasteiger charge is -2.10. The van der Waals surface area contributed by atoms with E-state index in [0.29, 0.717) is 22.2 Å². The molecule has 0 spiro atoms. The number of nitrogens with one attached hydrogen (secondary N) is 1. The number of nitrogens with zero attached hydrogens (tertiary/aromatic N) is 4. The SMILES string of the molecule is Cc1nc2nc(SC(C)C(=O)Nc3ccc(C(N)=O)cc3)nn2c(C)c1C. The maximum absolute atomic E-state index is 12.4. The van der Waals surface area contributed by atoms with Crippen LogP contribution in [0.1, 0.15) is 34.2 Å². The molecule has 2 aromatic heterocycles. The molecule has 3 N–H and O–H groups in total. The third kappa shape index (κ3) is 3.92. The molecule has 0 aliphatic carbocycles. The summed E-state index contributed by atoms with van der Waals surface area (Å²) in [6, 6.07) is 6.41. The zero-order valence-corrected chi connectivity index (χ0v) is 16.3. The molecule has 0 aliphatic rings. The summed E-state index contributed by atoms with van der Waals surface area (Å²) in [4.78, 5) is 32.4. The molecule has 3 rings (SSSR count). The highest BCUT2D eigenvalue weighted by atomic mass is 32.2. The van der Waals surface area contributed by atoms with E-state index in [2.05, 4.69) is 20.4 Å². The van der Waals surface area contributed by atoms with Gasteiger partial charge in [-0.05, 0) is 57.5 Å². The number of amides is 2. The van der Waals surface area contributed by atoms with Crippen molar-refractivity contribution in [2.24, 2.45) is 5.73 Å². The first-order valence-corrected chi connectivity index (χ1v) is 9.22. The zero-order valence-electron chi connectivity index (χ0n) is 15.5. The number of rotatable bonds is 5. The molecule has 1 unspecified atom stereocenters. The zero-order chi connectivity index (χ0) is 19.7. The molecule has 0 radical (unpaired) electrons. The van der Waals surface area contributed by atoms with Gasteiger partial charge in [0.1, 0.15) is 0 Å². The van der Waals surface area contributed by atoms with Crippen LogP contribution in [0.25, 0.3) is 5.78 Å². The minimum atomic E-state index is -0.510. The number of hydrogen-bond acceptors (Lipinski definition) is 6. The number of fused-ring (bicyclic) bond motifs is 1. The Balaban J connectivity index is 1.71. The molecule has 3 aromatic rings. The van der Waals surface area contributed by atoms with Gasteiger partial charge in [0.25, 0.3) is 5.78 Å². The van der Waals surface area contributed by atoms with E-state index in [-0.39, 0.29) is 5.91 Å². The lowest BCUT2D eigenvalue weighted by molar-refractivity contribution is -0.115. The number of benzene rings is 1. The maximum Gasteiger partial charge on any atom is 0.253 e. The number of thioether (sulfide) groups is 1. The average Bonchev–Trinajstić information content (AvgIpc) is 3.02. The molecule has 2 amide bonds. The Labute approximate surface area is 160 Å². The summed E-state index contributed by atoms with van der Waals surface area (Å²) < 4.78 is 1.69. The number of hydrogen-bond donors (Lipinski definition) is 2. The van der Waals surface area contributed by atoms with Gasteiger partial charge in [0.15, 0.2) is 0 Å². The number of carbonyl (C=O) groups is 2. The van der Waals surface area contributed by atoms with E-state index in [1.54, 1.807) is 35.7 Å². The van der Waals surface area contributed by atoms with Gasteiger partial charge in [-0.3, -0.25) is 9.59 Å². The van der Waals surface area contributed by atoms with Gasteiger partial charge in [-0.25, -0.2) is 9.50 Å². The summed E-state index contributed by atoms with van der Waals surface area (Å²) >= 11 is 1.26. The second kappa shape index (κ2) is 7.36. The summed E-state index contributed by atoms with van der Waals surface area (Å²) in [5.41, 5.74) is 9.13. The summed E-state index contributed by atoms with van der Waals surface area (Å²) in [6.45, 7) is 7.67. The van der Waals surface area contributed by atoms with E-state index < -0.39 is 11.2 Å². The number of carbonyl (C=O) groups excluding carboxylic acids is 2. The number of aromatic nitrogens is 4.